The molecule has 106 valence electrons. The van der Waals surface area contributed by atoms with Crippen LogP contribution < -0.4 is 5.73 Å². The van der Waals surface area contributed by atoms with E-state index in [2.05, 4.69) is 0 Å². The fourth-order valence-electron chi connectivity index (χ4n) is 2.10. The SMILES string of the molecule is C1CC(C2CCC2)C1.Cl.N[C@@H](CC(=O)O)C(=O)O. The van der Waals surface area contributed by atoms with Gasteiger partial charge in [-0.25, -0.2) is 0 Å². The maximum Gasteiger partial charge on any atom is 0.321 e. The highest BCUT2D eigenvalue weighted by Gasteiger charge is 2.30. The lowest BCUT2D eigenvalue weighted by molar-refractivity contribution is -0.144. The van der Waals surface area contributed by atoms with Gasteiger partial charge in [-0.3, -0.25) is 9.59 Å². The average Bonchev–Trinajstić information content (AvgIpc) is 2.07. The minimum atomic E-state index is -1.29. The molecule has 0 spiro atoms. The number of carbonyl (C=O) groups is 2. The topological polar surface area (TPSA) is 101 Å². The fraction of sp³-hybridized carbons (Fsp3) is 0.833. The molecule has 0 bridgehead atoms. The Kier molecular flexibility index (Phi) is 7.95. The van der Waals surface area contributed by atoms with Gasteiger partial charge in [0.1, 0.15) is 6.04 Å². The first kappa shape index (κ1) is 17.2. The minimum absolute atomic E-state index is 0. The summed E-state index contributed by atoms with van der Waals surface area (Å²) in [6, 6.07) is -1.29. The van der Waals surface area contributed by atoms with E-state index < -0.39 is 24.4 Å². The summed E-state index contributed by atoms with van der Waals surface area (Å²) < 4.78 is 0. The summed E-state index contributed by atoms with van der Waals surface area (Å²) in [6.45, 7) is 0. The molecule has 0 amide bonds. The van der Waals surface area contributed by atoms with Crippen molar-refractivity contribution >= 4 is 24.3 Å². The quantitative estimate of drug-likeness (QED) is 0.729. The second-order valence-corrected chi connectivity index (χ2v) is 4.92. The van der Waals surface area contributed by atoms with Gasteiger partial charge in [-0.15, -0.1) is 12.4 Å². The van der Waals surface area contributed by atoms with Gasteiger partial charge in [-0.2, -0.15) is 0 Å². The summed E-state index contributed by atoms with van der Waals surface area (Å²) in [4.78, 5) is 19.6. The summed E-state index contributed by atoms with van der Waals surface area (Å²) in [5, 5.41) is 16.0. The summed E-state index contributed by atoms with van der Waals surface area (Å²) in [6.07, 6.45) is 8.77. The fourth-order valence-corrected chi connectivity index (χ4v) is 2.10. The van der Waals surface area contributed by atoms with Gasteiger partial charge in [0, 0.05) is 0 Å². The molecule has 0 aromatic carbocycles. The number of nitrogens with two attached hydrogens (primary N) is 1. The van der Waals surface area contributed by atoms with Crippen LogP contribution in [-0.4, -0.2) is 28.2 Å². The molecule has 2 rings (SSSR count). The van der Waals surface area contributed by atoms with Crippen LogP contribution in [0.15, 0.2) is 0 Å². The van der Waals surface area contributed by atoms with Crippen LogP contribution in [0.5, 0.6) is 0 Å². The maximum absolute atomic E-state index is 9.85. The van der Waals surface area contributed by atoms with Crippen LogP contribution in [0.4, 0.5) is 0 Å². The van der Waals surface area contributed by atoms with E-state index in [4.69, 9.17) is 15.9 Å². The van der Waals surface area contributed by atoms with E-state index in [1.807, 2.05) is 0 Å². The van der Waals surface area contributed by atoms with E-state index >= 15 is 0 Å². The lowest BCUT2D eigenvalue weighted by atomic mass is 9.67. The monoisotopic (exact) mass is 279 g/mol. The number of hydrogen-bond donors (Lipinski definition) is 3. The smallest absolute Gasteiger partial charge is 0.321 e. The summed E-state index contributed by atoms with van der Waals surface area (Å²) >= 11 is 0. The molecule has 0 aromatic rings. The Morgan fingerprint density at radius 2 is 1.44 bits per heavy atom. The first-order valence-electron chi connectivity index (χ1n) is 6.21. The summed E-state index contributed by atoms with van der Waals surface area (Å²) in [7, 11) is 0. The molecule has 0 aliphatic heterocycles. The number of halogens is 1. The van der Waals surface area contributed by atoms with Gasteiger partial charge in [0.15, 0.2) is 0 Å². The third-order valence-corrected chi connectivity index (χ3v) is 3.68. The molecular weight excluding hydrogens is 258 g/mol. The van der Waals surface area contributed by atoms with Gasteiger partial charge in [-0.05, 0) is 11.8 Å². The Morgan fingerprint density at radius 3 is 1.56 bits per heavy atom. The molecule has 6 heteroatoms. The lowest BCUT2D eigenvalue weighted by Crippen LogP contribution is -2.32. The number of rotatable bonds is 4. The molecule has 2 aliphatic rings. The summed E-state index contributed by atoms with van der Waals surface area (Å²) in [5.41, 5.74) is 4.84. The van der Waals surface area contributed by atoms with Gasteiger partial charge in [0.25, 0.3) is 0 Å². The zero-order chi connectivity index (χ0) is 12.8. The zero-order valence-electron chi connectivity index (χ0n) is 10.4. The minimum Gasteiger partial charge on any atom is -0.481 e. The zero-order valence-corrected chi connectivity index (χ0v) is 11.2. The van der Waals surface area contributed by atoms with Crippen molar-refractivity contribution in [3.05, 3.63) is 0 Å². The van der Waals surface area contributed by atoms with Gasteiger partial charge in [0.2, 0.25) is 0 Å². The molecular formula is C12H22ClNO4. The molecule has 0 radical (unpaired) electrons. The van der Waals surface area contributed by atoms with E-state index in [1.165, 1.54) is 24.7 Å². The largest absolute Gasteiger partial charge is 0.481 e. The van der Waals surface area contributed by atoms with Gasteiger partial charge in [-0.1, -0.05) is 38.5 Å². The number of carboxylic acids is 2. The Hall–Kier alpha value is -0.810. The van der Waals surface area contributed by atoms with Crippen LogP contribution in [0.25, 0.3) is 0 Å². The van der Waals surface area contributed by atoms with Crippen molar-refractivity contribution in [2.24, 2.45) is 17.6 Å². The van der Waals surface area contributed by atoms with Crippen molar-refractivity contribution < 1.29 is 19.8 Å². The Bertz CT molecular complexity index is 265. The van der Waals surface area contributed by atoms with Crippen molar-refractivity contribution in [2.75, 3.05) is 0 Å². The van der Waals surface area contributed by atoms with Crippen LogP contribution >= 0.6 is 12.4 Å². The Labute approximate surface area is 113 Å². The van der Waals surface area contributed by atoms with Crippen molar-refractivity contribution in [1.82, 2.24) is 0 Å². The molecule has 18 heavy (non-hydrogen) atoms. The Balaban J connectivity index is 0.000000304. The molecule has 5 nitrogen and oxygen atoms in total. The highest BCUT2D eigenvalue weighted by atomic mass is 35.5. The van der Waals surface area contributed by atoms with Crippen molar-refractivity contribution in [3.8, 4) is 0 Å². The Morgan fingerprint density at radius 1 is 1.06 bits per heavy atom. The molecule has 2 saturated carbocycles. The number of carboxylic acid groups (broad SMARTS) is 2. The summed E-state index contributed by atoms with van der Waals surface area (Å²) in [5.74, 6) is -0.130. The highest BCUT2D eigenvalue weighted by molar-refractivity contribution is 5.85. The number of hydrogen-bond acceptors (Lipinski definition) is 3. The normalized spacial score (nSPS) is 20.3. The molecule has 1 atom stereocenters. The number of aliphatic carboxylic acids is 2. The van der Waals surface area contributed by atoms with Crippen LogP contribution in [0, 0.1) is 11.8 Å². The molecule has 0 unspecified atom stereocenters. The van der Waals surface area contributed by atoms with E-state index in [9.17, 15) is 9.59 Å². The third-order valence-electron chi connectivity index (χ3n) is 3.68. The average molecular weight is 280 g/mol. The lowest BCUT2D eigenvalue weighted by Gasteiger charge is -2.39. The van der Waals surface area contributed by atoms with Crippen molar-refractivity contribution in [2.45, 2.75) is 51.0 Å². The van der Waals surface area contributed by atoms with E-state index in [0.29, 0.717) is 0 Å². The second-order valence-electron chi connectivity index (χ2n) is 4.92. The predicted molar refractivity (Wildman–Crippen MR) is 69.8 cm³/mol. The predicted octanol–water partition coefficient (Wildman–Crippen LogP) is 1.88. The van der Waals surface area contributed by atoms with Crippen LogP contribution in [0.3, 0.4) is 0 Å². The van der Waals surface area contributed by atoms with Crippen LogP contribution in [-0.2, 0) is 9.59 Å². The van der Waals surface area contributed by atoms with Gasteiger partial charge >= 0.3 is 11.9 Å². The molecule has 0 heterocycles. The first-order chi connectivity index (χ1) is 8.00. The highest BCUT2D eigenvalue weighted by Crippen LogP contribution is 2.43. The van der Waals surface area contributed by atoms with E-state index in [0.717, 1.165) is 0 Å². The third kappa shape index (κ3) is 5.69. The molecule has 4 N–H and O–H groups in total. The molecule has 2 fully saturated rings. The maximum atomic E-state index is 9.85. The van der Waals surface area contributed by atoms with Gasteiger partial charge in [0.05, 0.1) is 6.42 Å². The molecule has 2 aliphatic carbocycles. The van der Waals surface area contributed by atoms with Crippen LogP contribution in [0.2, 0.25) is 0 Å². The van der Waals surface area contributed by atoms with Crippen molar-refractivity contribution in [3.63, 3.8) is 0 Å². The first-order valence-corrected chi connectivity index (χ1v) is 6.21. The molecule has 0 aromatic heterocycles. The van der Waals surface area contributed by atoms with Gasteiger partial charge < -0.3 is 15.9 Å². The molecule has 0 saturated heterocycles. The standard InChI is InChI=1S/C8H14.C4H7NO4.ClH/c1-3-7(4-1)8-5-2-6-8;5-2(4(8)9)1-3(6)7;/h7-8H,1-6H2;2H,1,5H2,(H,6,7)(H,8,9);1H/t;2-;/m.0./s1. The van der Waals surface area contributed by atoms with Crippen LogP contribution in [0.1, 0.15) is 44.9 Å². The van der Waals surface area contributed by atoms with E-state index in [1.54, 1.807) is 25.7 Å². The van der Waals surface area contributed by atoms with E-state index in [-0.39, 0.29) is 12.4 Å². The second kappa shape index (κ2) is 8.32. The van der Waals surface area contributed by atoms with Crippen molar-refractivity contribution in [1.29, 1.82) is 0 Å².